The van der Waals surface area contributed by atoms with Gasteiger partial charge in [0, 0.05) is 24.3 Å². The molecule has 0 aliphatic carbocycles. The minimum Gasteiger partial charge on any atom is -0.480 e. The van der Waals surface area contributed by atoms with Crippen molar-refractivity contribution in [1.82, 2.24) is 0 Å². The Balaban J connectivity index is 2.47. The summed E-state index contributed by atoms with van der Waals surface area (Å²) in [6.45, 7) is 0.364. The summed E-state index contributed by atoms with van der Waals surface area (Å²) in [5, 5.41) is 20.2. The second-order valence-electron chi connectivity index (χ2n) is 4.43. The van der Waals surface area contributed by atoms with Gasteiger partial charge >= 0.3 is 5.97 Å². The zero-order valence-corrected chi connectivity index (χ0v) is 10.0. The van der Waals surface area contributed by atoms with Gasteiger partial charge in [0.1, 0.15) is 11.7 Å². The molecule has 0 radical (unpaired) electrons. The summed E-state index contributed by atoms with van der Waals surface area (Å²) in [7, 11) is 0. The lowest BCUT2D eigenvalue weighted by Crippen LogP contribution is -2.45. The van der Waals surface area contributed by atoms with Gasteiger partial charge in [0.2, 0.25) is 0 Å². The number of benzene rings is 1. The first-order chi connectivity index (χ1) is 8.91. The highest BCUT2D eigenvalue weighted by molar-refractivity contribution is 5.82. The van der Waals surface area contributed by atoms with Crippen molar-refractivity contribution in [3.63, 3.8) is 0 Å². The number of nitrogens with zero attached hydrogens (tertiary/aromatic N) is 2. The highest BCUT2D eigenvalue weighted by Gasteiger charge is 2.39. The van der Waals surface area contributed by atoms with Gasteiger partial charge in [-0.1, -0.05) is 0 Å². The number of hydrogen-bond donors (Lipinski definition) is 3. The smallest absolute Gasteiger partial charge is 0.327 e. The van der Waals surface area contributed by atoms with Crippen molar-refractivity contribution in [1.29, 1.82) is 0 Å². The molecule has 2 rings (SSSR count). The van der Waals surface area contributed by atoms with E-state index in [-0.39, 0.29) is 17.1 Å². The maximum absolute atomic E-state index is 11.2. The van der Waals surface area contributed by atoms with Crippen molar-refractivity contribution < 1.29 is 14.8 Å². The molecule has 1 saturated heterocycles. The molecule has 1 aromatic rings. The average Bonchev–Trinajstić information content (AvgIpc) is 2.70. The quantitative estimate of drug-likeness (QED) is 0.403. The Labute approximate surface area is 108 Å². The summed E-state index contributed by atoms with van der Waals surface area (Å²) in [6, 6.07) is 2.68. The minimum atomic E-state index is -1.09. The number of carboxylic acid groups (broad SMARTS) is 1. The number of carboxylic acids is 1. The van der Waals surface area contributed by atoms with Gasteiger partial charge in [-0.15, -0.1) is 0 Å². The zero-order valence-electron chi connectivity index (χ0n) is 10.0. The van der Waals surface area contributed by atoms with E-state index in [4.69, 9.17) is 11.5 Å². The van der Waals surface area contributed by atoms with Gasteiger partial charge < -0.3 is 21.5 Å². The first-order valence-corrected chi connectivity index (χ1v) is 5.70. The fourth-order valence-corrected chi connectivity index (χ4v) is 2.33. The Morgan fingerprint density at radius 2 is 2.21 bits per heavy atom. The summed E-state index contributed by atoms with van der Waals surface area (Å²) in [4.78, 5) is 23.1. The molecule has 0 aromatic heterocycles. The number of nitrogens with two attached hydrogens (primary N) is 2. The zero-order chi connectivity index (χ0) is 14.2. The number of carbonyl (C=O) groups is 1. The van der Waals surface area contributed by atoms with Crippen LogP contribution in [0.2, 0.25) is 0 Å². The summed E-state index contributed by atoms with van der Waals surface area (Å²) >= 11 is 0. The highest BCUT2D eigenvalue weighted by Crippen LogP contribution is 2.34. The fraction of sp³-hybridized carbons (Fsp3) is 0.364. The maximum Gasteiger partial charge on any atom is 0.327 e. The number of nitrogen functional groups attached to an aromatic ring is 1. The molecule has 8 nitrogen and oxygen atoms in total. The average molecular weight is 266 g/mol. The van der Waals surface area contributed by atoms with E-state index in [9.17, 15) is 20.0 Å². The third kappa shape index (κ3) is 2.29. The first-order valence-electron chi connectivity index (χ1n) is 5.70. The Morgan fingerprint density at radius 3 is 2.79 bits per heavy atom. The van der Waals surface area contributed by atoms with Gasteiger partial charge in [-0.05, 0) is 18.6 Å². The number of rotatable bonds is 3. The molecule has 0 saturated carbocycles. The Hall–Kier alpha value is -2.35. The van der Waals surface area contributed by atoms with Crippen molar-refractivity contribution in [3.8, 4) is 0 Å². The van der Waals surface area contributed by atoms with Crippen LogP contribution in [0.1, 0.15) is 6.42 Å². The molecule has 1 unspecified atom stereocenters. The molecule has 0 amide bonds. The van der Waals surface area contributed by atoms with Crippen molar-refractivity contribution in [2.45, 2.75) is 18.5 Å². The lowest BCUT2D eigenvalue weighted by Gasteiger charge is -2.24. The normalized spacial score (nSPS) is 22.5. The Morgan fingerprint density at radius 1 is 1.53 bits per heavy atom. The molecule has 0 spiro atoms. The van der Waals surface area contributed by atoms with E-state index in [2.05, 4.69) is 0 Å². The van der Waals surface area contributed by atoms with Crippen LogP contribution in [0.15, 0.2) is 18.2 Å². The van der Waals surface area contributed by atoms with Gasteiger partial charge in [0.25, 0.3) is 5.69 Å². The van der Waals surface area contributed by atoms with Gasteiger partial charge in [-0.3, -0.25) is 10.1 Å². The van der Waals surface area contributed by atoms with Crippen LogP contribution in [0.3, 0.4) is 0 Å². The van der Waals surface area contributed by atoms with Gasteiger partial charge in [0.05, 0.1) is 4.92 Å². The number of nitro groups is 1. The fourth-order valence-electron chi connectivity index (χ4n) is 2.33. The summed E-state index contributed by atoms with van der Waals surface area (Å²) in [6.07, 6.45) is 0.471. The number of aliphatic carboxylic acids is 1. The SMILES string of the molecule is Nc1ccc(N2CCC(N)[C@H]2C(=O)O)c([N+](=O)[O-])c1. The van der Waals surface area contributed by atoms with Crippen molar-refractivity contribution in [3.05, 3.63) is 28.3 Å². The molecule has 0 bridgehead atoms. The van der Waals surface area contributed by atoms with Gasteiger partial charge in [0.15, 0.2) is 0 Å². The molecule has 19 heavy (non-hydrogen) atoms. The largest absolute Gasteiger partial charge is 0.480 e. The monoisotopic (exact) mass is 266 g/mol. The molecule has 8 heteroatoms. The molecule has 1 heterocycles. The number of nitro benzene ring substituents is 1. The Bertz CT molecular complexity index is 533. The van der Waals surface area contributed by atoms with Crippen LogP contribution in [0.4, 0.5) is 17.1 Å². The van der Waals surface area contributed by atoms with Crippen LogP contribution < -0.4 is 16.4 Å². The van der Waals surface area contributed by atoms with Crippen LogP contribution >= 0.6 is 0 Å². The maximum atomic E-state index is 11.2. The standard InChI is InChI=1S/C11H14N4O4/c12-6-1-2-8(9(5-6)15(18)19)14-4-3-7(13)10(14)11(16)17/h1-2,5,7,10H,3-4,12-13H2,(H,16,17)/t7?,10-/m0/s1. The summed E-state index contributed by atoms with van der Waals surface area (Å²) in [5.74, 6) is -1.09. The van der Waals surface area contributed by atoms with Crippen LogP contribution in [0.5, 0.6) is 0 Å². The van der Waals surface area contributed by atoms with Crippen molar-refractivity contribution in [2.24, 2.45) is 5.73 Å². The predicted octanol–water partition coefficient (Wildman–Crippen LogP) is 0.168. The van der Waals surface area contributed by atoms with E-state index in [0.29, 0.717) is 13.0 Å². The molecular formula is C11H14N4O4. The molecule has 1 aromatic carbocycles. The second kappa shape index (κ2) is 4.73. The minimum absolute atomic E-state index is 0.208. The van der Waals surface area contributed by atoms with Crippen molar-refractivity contribution in [2.75, 3.05) is 17.2 Å². The third-order valence-corrected chi connectivity index (χ3v) is 3.20. The van der Waals surface area contributed by atoms with Gasteiger partial charge in [-0.2, -0.15) is 0 Å². The first kappa shape index (κ1) is 13.1. The van der Waals surface area contributed by atoms with E-state index in [1.807, 2.05) is 0 Å². The lowest BCUT2D eigenvalue weighted by atomic mass is 10.1. The van der Waals surface area contributed by atoms with E-state index < -0.39 is 23.0 Å². The summed E-state index contributed by atoms with van der Waals surface area (Å²) < 4.78 is 0. The molecule has 1 aliphatic rings. The molecule has 102 valence electrons. The van der Waals surface area contributed by atoms with Crippen LogP contribution in [-0.4, -0.2) is 34.6 Å². The topological polar surface area (TPSA) is 136 Å². The van der Waals surface area contributed by atoms with Crippen molar-refractivity contribution >= 4 is 23.0 Å². The number of anilines is 2. The van der Waals surface area contributed by atoms with E-state index in [1.165, 1.54) is 23.1 Å². The van der Waals surface area contributed by atoms with Crippen LogP contribution in [-0.2, 0) is 4.79 Å². The number of hydrogen-bond acceptors (Lipinski definition) is 6. The van der Waals surface area contributed by atoms with Gasteiger partial charge in [-0.25, -0.2) is 4.79 Å². The van der Waals surface area contributed by atoms with Crippen LogP contribution in [0.25, 0.3) is 0 Å². The van der Waals surface area contributed by atoms with E-state index >= 15 is 0 Å². The predicted molar refractivity (Wildman–Crippen MR) is 68.9 cm³/mol. The third-order valence-electron chi connectivity index (χ3n) is 3.20. The van der Waals surface area contributed by atoms with E-state index in [0.717, 1.165) is 0 Å². The van der Waals surface area contributed by atoms with E-state index in [1.54, 1.807) is 0 Å². The lowest BCUT2D eigenvalue weighted by molar-refractivity contribution is -0.384. The molecule has 1 fully saturated rings. The molecule has 5 N–H and O–H groups in total. The Kier molecular flexibility index (Phi) is 3.26. The van der Waals surface area contributed by atoms with Crippen LogP contribution in [0, 0.1) is 10.1 Å². The molecular weight excluding hydrogens is 252 g/mol. The molecule has 2 atom stereocenters. The summed E-state index contributed by atoms with van der Waals surface area (Å²) in [5.41, 5.74) is 11.6. The second-order valence-corrected chi connectivity index (χ2v) is 4.43. The molecule has 1 aliphatic heterocycles. The highest BCUT2D eigenvalue weighted by atomic mass is 16.6.